The minimum absolute atomic E-state index is 0.235. The normalized spacial score (nSPS) is 18.2. The lowest BCUT2D eigenvalue weighted by atomic mass is 9.65. The molecule has 1 aliphatic rings. The van der Waals surface area contributed by atoms with Crippen molar-refractivity contribution in [1.29, 1.82) is 5.26 Å². The minimum atomic E-state index is -0.235. The van der Waals surface area contributed by atoms with E-state index in [4.69, 9.17) is 0 Å². The van der Waals surface area contributed by atoms with Gasteiger partial charge in [0.25, 0.3) is 0 Å². The summed E-state index contributed by atoms with van der Waals surface area (Å²) in [4.78, 5) is 0. The Morgan fingerprint density at radius 3 is 2.31 bits per heavy atom. The van der Waals surface area contributed by atoms with Gasteiger partial charge in [-0.1, -0.05) is 0 Å². The second-order valence-corrected chi connectivity index (χ2v) is 5.13. The first-order chi connectivity index (χ1) is 7.52. The fourth-order valence-electron chi connectivity index (χ4n) is 2.81. The van der Waals surface area contributed by atoms with Crippen molar-refractivity contribution in [3.63, 3.8) is 0 Å². The van der Waals surface area contributed by atoms with Gasteiger partial charge >= 0.3 is 0 Å². The van der Waals surface area contributed by atoms with Crippen molar-refractivity contribution in [2.24, 2.45) is 0 Å². The molecule has 1 saturated carbocycles. The molecule has 0 bridgehead atoms. The topological polar surface area (TPSA) is 41.6 Å². The Morgan fingerprint density at radius 2 is 2.00 bits per heavy atom. The van der Waals surface area contributed by atoms with Crippen molar-refractivity contribution in [3.8, 4) is 6.07 Å². The van der Waals surface area contributed by atoms with Crippen molar-refractivity contribution in [2.75, 3.05) is 0 Å². The van der Waals surface area contributed by atoms with Crippen LogP contribution in [0.4, 0.5) is 0 Å². The summed E-state index contributed by atoms with van der Waals surface area (Å²) < 4.78 is 2.04. The van der Waals surface area contributed by atoms with Crippen LogP contribution in [0, 0.1) is 25.2 Å². The summed E-state index contributed by atoms with van der Waals surface area (Å²) in [5.74, 6) is 0. The van der Waals surface area contributed by atoms with Crippen LogP contribution in [0.3, 0.4) is 0 Å². The molecule has 0 saturated heterocycles. The first-order valence-electron chi connectivity index (χ1n) is 5.99. The van der Waals surface area contributed by atoms with Crippen LogP contribution in [0.1, 0.15) is 56.1 Å². The Morgan fingerprint density at radius 1 is 1.38 bits per heavy atom. The van der Waals surface area contributed by atoms with Gasteiger partial charge in [0.1, 0.15) is 0 Å². The van der Waals surface area contributed by atoms with E-state index in [0.29, 0.717) is 6.04 Å². The van der Waals surface area contributed by atoms with Crippen LogP contribution in [-0.2, 0) is 5.41 Å². The largest absolute Gasteiger partial charge is 0.267 e. The van der Waals surface area contributed by atoms with Crippen LogP contribution in [0.25, 0.3) is 0 Å². The summed E-state index contributed by atoms with van der Waals surface area (Å²) >= 11 is 0. The van der Waals surface area contributed by atoms with Crippen LogP contribution < -0.4 is 0 Å². The molecule has 0 amide bonds. The highest BCUT2D eigenvalue weighted by Crippen LogP contribution is 2.45. The van der Waals surface area contributed by atoms with Gasteiger partial charge < -0.3 is 0 Å². The molecule has 2 rings (SSSR count). The third-order valence-corrected chi connectivity index (χ3v) is 3.71. The molecule has 16 heavy (non-hydrogen) atoms. The maximum absolute atomic E-state index is 9.40. The highest BCUT2D eigenvalue weighted by Gasteiger charge is 2.42. The van der Waals surface area contributed by atoms with Gasteiger partial charge in [-0.15, -0.1) is 0 Å². The third-order valence-electron chi connectivity index (χ3n) is 3.71. The zero-order valence-electron chi connectivity index (χ0n) is 10.5. The van der Waals surface area contributed by atoms with Gasteiger partial charge in [-0.25, -0.2) is 0 Å². The monoisotopic (exact) mass is 217 g/mol. The van der Waals surface area contributed by atoms with E-state index < -0.39 is 0 Å². The van der Waals surface area contributed by atoms with Gasteiger partial charge in [0.2, 0.25) is 0 Å². The number of aryl methyl sites for hydroxylation is 1. The van der Waals surface area contributed by atoms with Gasteiger partial charge in [0.05, 0.1) is 17.2 Å². The fraction of sp³-hybridized carbons (Fsp3) is 0.692. The standard InChI is InChI=1S/C13H19N3/c1-9(2)16-11(4)12(10(3)15-16)13(8-14)6-5-7-13/h9H,5-7H2,1-4H3. The number of hydrogen-bond donors (Lipinski definition) is 0. The van der Waals surface area contributed by atoms with E-state index in [0.717, 1.165) is 18.5 Å². The molecular formula is C13H19N3. The highest BCUT2D eigenvalue weighted by atomic mass is 15.3. The Balaban J connectivity index is 2.54. The molecule has 0 aliphatic heterocycles. The number of rotatable bonds is 2. The fourth-order valence-corrected chi connectivity index (χ4v) is 2.81. The minimum Gasteiger partial charge on any atom is -0.267 e. The van der Waals surface area contributed by atoms with Crippen LogP contribution >= 0.6 is 0 Å². The summed E-state index contributed by atoms with van der Waals surface area (Å²) in [6, 6.07) is 2.88. The molecule has 0 N–H and O–H groups in total. The second kappa shape index (κ2) is 3.62. The lowest BCUT2D eigenvalue weighted by molar-refractivity contribution is 0.320. The predicted molar refractivity (Wildman–Crippen MR) is 63.2 cm³/mol. The van der Waals surface area contributed by atoms with Crippen LogP contribution in [0.15, 0.2) is 0 Å². The van der Waals surface area contributed by atoms with Crippen molar-refractivity contribution in [3.05, 3.63) is 17.0 Å². The number of nitriles is 1. The van der Waals surface area contributed by atoms with Gasteiger partial charge in [-0.3, -0.25) is 4.68 Å². The first kappa shape index (κ1) is 11.2. The van der Waals surface area contributed by atoms with E-state index in [-0.39, 0.29) is 5.41 Å². The Kier molecular flexibility index (Phi) is 2.53. The molecule has 3 heteroatoms. The Labute approximate surface area is 97.1 Å². The average Bonchev–Trinajstić information content (AvgIpc) is 2.45. The zero-order chi connectivity index (χ0) is 11.9. The Bertz CT molecular complexity index is 444. The predicted octanol–water partition coefficient (Wildman–Crippen LogP) is 3.03. The van der Waals surface area contributed by atoms with E-state index in [2.05, 4.69) is 31.9 Å². The number of aromatic nitrogens is 2. The van der Waals surface area contributed by atoms with Gasteiger partial charge in [-0.2, -0.15) is 10.4 Å². The van der Waals surface area contributed by atoms with E-state index >= 15 is 0 Å². The van der Waals surface area contributed by atoms with Gasteiger partial charge in [0.15, 0.2) is 0 Å². The quantitative estimate of drug-likeness (QED) is 0.764. The molecule has 0 atom stereocenters. The zero-order valence-corrected chi connectivity index (χ0v) is 10.5. The van der Waals surface area contributed by atoms with Crippen molar-refractivity contribution < 1.29 is 0 Å². The van der Waals surface area contributed by atoms with E-state index in [1.165, 1.54) is 17.7 Å². The SMILES string of the molecule is Cc1nn(C(C)C)c(C)c1C1(C#N)CCC1. The van der Waals surface area contributed by atoms with Crippen LogP contribution in [-0.4, -0.2) is 9.78 Å². The molecule has 1 aromatic rings. The maximum atomic E-state index is 9.40. The summed E-state index contributed by atoms with van der Waals surface area (Å²) in [5.41, 5.74) is 3.16. The molecule has 0 spiro atoms. The molecule has 1 heterocycles. The van der Waals surface area contributed by atoms with E-state index in [9.17, 15) is 5.26 Å². The molecule has 1 aliphatic carbocycles. The summed E-state index contributed by atoms with van der Waals surface area (Å²) in [7, 11) is 0. The maximum Gasteiger partial charge on any atom is 0.0858 e. The highest BCUT2D eigenvalue weighted by molar-refractivity contribution is 5.41. The number of hydrogen-bond acceptors (Lipinski definition) is 2. The lowest BCUT2D eigenvalue weighted by Gasteiger charge is -2.35. The molecule has 1 fully saturated rings. The van der Waals surface area contributed by atoms with Crippen LogP contribution in [0.2, 0.25) is 0 Å². The smallest absolute Gasteiger partial charge is 0.0858 e. The van der Waals surface area contributed by atoms with Crippen LogP contribution in [0.5, 0.6) is 0 Å². The molecule has 1 aromatic heterocycles. The van der Waals surface area contributed by atoms with E-state index in [1.54, 1.807) is 0 Å². The molecule has 0 unspecified atom stereocenters. The molecular weight excluding hydrogens is 198 g/mol. The first-order valence-corrected chi connectivity index (χ1v) is 5.99. The summed E-state index contributed by atoms with van der Waals surface area (Å²) in [6.45, 7) is 8.37. The molecule has 0 radical (unpaired) electrons. The number of nitrogens with zero attached hydrogens (tertiary/aromatic N) is 3. The van der Waals surface area contributed by atoms with Crippen molar-refractivity contribution in [2.45, 2.75) is 58.4 Å². The third kappa shape index (κ3) is 1.36. The average molecular weight is 217 g/mol. The molecule has 86 valence electrons. The summed E-state index contributed by atoms with van der Waals surface area (Å²) in [5, 5.41) is 14.0. The van der Waals surface area contributed by atoms with Gasteiger partial charge in [-0.05, 0) is 47.0 Å². The Hall–Kier alpha value is -1.30. The lowest BCUT2D eigenvalue weighted by Crippen LogP contribution is -2.33. The van der Waals surface area contributed by atoms with Crippen molar-refractivity contribution >= 4 is 0 Å². The van der Waals surface area contributed by atoms with Crippen molar-refractivity contribution in [1.82, 2.24) is 9.78 Å². The van der Waals surface area contributed by atoms with E-state index in [1.807, 2.05) is 11.6 Å². The second-order valence-electron chi connectivity index (χ2n) is 5.13. The van der Waals surface area contributed by atoms with Gasteiger partial charge in [0, 0.05) is 17.3 Å². The molecule has 0 aromatic carbocycles. The summed E-state index contributed by atoms with van der Waals surface area (Å²) in [6.07, 6.45) is 3.16. The molecule has 3 nitrogen and oxygen atoms in total.